The van der Waals surface area contributed by atoms with E-state index in [1.807, 2.05) is 24.3 Å². The number of anilines is 1. The summed E-state index contributed by atoms with van der Waals surface area (Å²) < 4.78 is 11.7. The molecule has 12 nitrogen and oxygen atoms in total. The van der Waals surface area contributed by atoms with Gasteiger partial charge in [-0.1, -0.05) is 65.1 Å². The van der Waals surface area contributed by atoms with Crippen molar-refractivity contribution in [3.05, 3.63) is 98.4 Å². The molecule has 0 aliphatic carbocycles. The van der Waals surface area contributed by atoms with E-state index in [0.717, 1.165) is 37.1 Å². The van der Waals surface area contributed by atoms with Crippen molar-refractivity contribution in [1.82, 2.24) is 30.4 Å². The minimum Gasteiger partial charge on any atom is -0.486 e. The Balaban J connectivity index is 1.10. The maximum Gasteiger partial charge on any atom is 0.274 e. The SMILES string of the molecule is CNC(=O)C1CCN(Cc2ccc(C(=O)Nc3cccc(-c4cccc(OCc5nc(OC)c(CN6CCC(C(=O)NC)C6)cc5Cl)c4Cl)c3Cl)nc2)C1. The number of ether oxygens (including phenoxy) is 2. The second kappa shape index (κ2) is 17.8. The quantitative estimate of drug-likeness (QED) is 0.147. The molecule has 3 N–H and O–H groups in total. The molecule has 2 aliphatic heterocycles. The first-order valence-electron chi connectivity index (χ1n) is 17.6. The highest BCUT2D eigenvalue weighted by Gasteiger charge is 2.29. The lowest BCUT2D eigenvalue weighted by molar-refractivity contribution is -0.124. The van der Waals surface area contributed by atoms with Crippen molar-refractivity contribution in [2.24, 2.45) is 11.8 Å². The van der Waals surface area contributed by atoms with Crippen molar-refractivity contribution >= 4 is 58.2 Å². The Kier molecular flexibility index (Phi) is 12.9. The summed E-state index contributed by atoms with van der Waals surface area (Å²) in [5.41, 5.74) is 4.06. The number of benzene rings is 2. The summed E-state index contributed by atoms with van der Waals surface area (Å²) in [4.78, 5) is 50.7. The second-order valence-electron chi connectivity index (χ2n) is 13.3. The van der Waals surface area contributed by atoms with Crippen LogP contribution in [0.3, 0.4) is 0 Å². The number of halogens is 3. The summed E-state index contributed by atoms with van der Waals surface area (Å²) in [6.07, 6.45) is 3.28. The van der Waals surface area contributed by atoms with Crippen LogP contribution in [0.15, 0.2) is 60.8 Å². The Morgan fingerprint density at radius 1 is 0.852 bits per heavy atom. The minimum atomic E-state index is -0.413. The molecular formula is C39H42Cl3N7O5. The fourth-order valence-electron chi connectivity index (χ4n) is 6.88. The largest absolute Gasteiger partial charge is 0.486 e. The van der Waals surface area contributed by atoms with Crippen LogP contribution in [0.25, 0.3) is 11.1 Å². The van der Waals surface area contributed by atoms with Crippen LogP contribution in [0.4, 0.5) is 5.69 Å². The van der Waals surface area contributed by atoms with E-state index in [-0.39, 0.29) is 36.0 Å². The summed E-state index contributed by atoms with van der Waals surface area (Å²) in [5, 5.41) is 9.35. The Hall–Kier alpha value is -4.46. The van der Waals surface area contributed by atoms with Crippen molar-refractivity contribution in [3.63, 3.8) is 0 Å². The molecule has 2 aromatic carbocycles. The predicted molar refractivity (Wildman–Crippen MR) is 209 cm³/mol. The van der Waals surface area contributed by atoms with Gasteiger partial charge in [0.2, 0.25) is 17.7 Å². The number of nitrogens with zero attached hydrogens (tertiary/aromatic N) is 4. The molecule has 0 bridgehead atoms. The van der Waals surface area contributed by atoms with Gasteiger partial charge in [-0.05, 0) is 55.8 Å². The number of carbonyl (C=O) groups is 3. The lowest BCUT2D eigenvalue weighted by Gasteiger charge is -2.19. The Morgan fingerprint density at radius 2 is 1.50 bits per heavy atom. The number of pyridine rings is 2. The van der Waals surface area contributed by atoms with Crippen LogP contribution in [0.5, 0.6) is 11.6 Å². The summed E-state index contributed by atoms with van der Waals surface area (Å²) in [7, 11) is 4.86. The Morgan fingerprint density at radius 3 is 2.13 bits per heavy atom. The zero-order valence-corrected chi connectivity index (χ0v) is 32.5. The van der Waals surface area contributed by atoms with E-state index in [0.29, 0.717) is 75.4 Å². The normalized spacial score (nSPS) is 17.3. The van der Waals surface area contributed by atoms with Crippen LogP contribution in [-0.2, 0) is 29.3 Å². The van der Waals surface area contributed by atoms with Crippen LogP contribution in [0, 0.1) is 11.8 Å². The Labute approximate surface area is 329 Å². The highest BCUT2D eigenvalue weighted by Crippen LogP contribution is 2.41. The lowest BCUT2D eigenvalue weighted by Crippen LogP contribution is -2.30. The highest BCUT2D eigenvalue weighted by atomic mass is 35.5. The fraction of sp³-hybridized carbons (Fsp3) is 0.359. The monoisotopic (exact) mass is 793 g/mol. The number of aromatic nitrogens is 2. The first kappa shape index (κ1) is 39.2. The van der Waals surface area contributed by atoms with E-state index in [1.54, 1.807) is 57.7 Å². The number of methoxy groups -OCH3 is 1. The summed E-state index contributed by atoms with van der Waals surface area (Å²) in [6.45, 7) is 4.15. The molecule has 4 aromatic rings. The molecule has 15 heteroatoms. The average Bonchev–Trinajstić information content (AvgIpc) is 3.86. The zero-order chi connectivity index (χ0) is 38.4. The lowest BCUT2D eigenvalue weighted by atomic mass is 10.0. The van der Waals surface area contributed by atoms with Crippen LogP contribution in [-0.4, -0.2) is 84.9 Å². The van der Waals surface area contributed by atoms with Crippen LogP contribution >= 0.6 is 34.8 Å². The molecule has 2 unspecified atom stereocenters. The van der Waals surface area contributed by atoms with Crippen molar-refractivity contribution in [2.45, 2.75) is 32.5 Å². The van der Waals surface area contributed by atoms with E-state index in [4.69, 9.17) is 44.3 Å². The van der Waals surface area contributed by atoms with Crippen LogP contribution in [0.2, 0.25) is 15.1 Å². The molecule has 0 radical (unpaired) electrons. The van der Waals surface area contributed by atoms with Crippen molar-refractivity contribution in [2.75, 3.05) is 52.7 Å². The van der Waals surface area contributed by atoms with Crippen LogP contribution < -0.4 is 25.4 Å². The molecule has 4 heterocycles. The molecule has 2 aliphatic rings. The first-order valence-corrected chi connectivity index (χ1v) is 18.8. The van der Waals surface area contributed by atoms with E-state index in [2.05, 4.69) is 35.7 Å². The number of likely N-dealkylation sites (tertiary alicyclic amines) is 2. The predicted octanol–water partition coefficient (Wildman–Crippen LogP) is 6.08. The molecule has 3 amide bonds. The third-order valence-electron chi connectivity index (χ3n) is 9.78. The number of rotatable bonds is 13. The van der Waals surface area contributed by atoms with Crippen molar-refractivity contribution in [1.29, 1.82) is 0 Å². The molecule has 0 saturated carbocycles. The van der Waals surface area contributed by atoms with E-state index < -0.39 is 5.91 Å². The topological polar surface area (TPSA) is 138 Å². The zero-order valence-electron chi connectivity index (χ0n) is 30.3. The van der Waals surface area contributed by atoms with E-state index in [1.165, 1.54) is 0 Å². The highest BCUT2D eigenvalue weighted by molar-refractivity contribution is 6.39. The smallest absolute Gasteiger partial charge is 0.274 e. The molecule has 2 aromatic heterocycles. The number of amides is 3. The number of hydrogen-bond acceptors (Lipinski definition) is 9. The molecule has 2 fully saturated rings. The van der Waals surface area contributed by atoms with Gasteiger partial charge in [0.05, 0.1) is 39.7 Å². The molecule has 2 atom stereocenters. The van der Waals surface area contributed by atoms with Gasteiger partial charge in [0.25, 0.3) is 5.91 Å². The van der Waals surface area contributed by atoms with Gasteiger partial charge >= 0.3 is 0 Å². The number of carbonyl (C=O) groups excluding carboxylic acids is 3. The number of nitrogens with one attached hydrogen (secondary N) is 3. The van der Waals surface area contributed by atoms with Crippen molar-refractivity contribution < 1.29 is 23.9 Å². The summed E-state index contributed by atoms with van der Waals surface area (Å²) >= 11 is 20.4. The van der Waals surface area contributed by atoms with Gasteiger partial charge in [-0.15, -0.1) is 0 Å². The standard InChI is InChI=1S/C39H42Cl3N7O5/c1-43-36(50)24-12-14-48(19-24)18-23-10-11-31(45-17-23)38(52)46-30-8-4-6-27(34(30)41)28-7-5-9-33(35(28)42)54-22-32-29(40)16-26(39(47-32)53-3)21-49-15-13-25(20-49)37(51)44-2/h4-11,16-17,24-25H,12-15,18-22H2,1-3H3,(H,43,50)(H,44,51)(H,46,52). The van der Waals surface area contributed by atoms with Crippen molar-refractivity contribution in [3.8, 4) is 22.8 Å². The third-order valence-corrected chi connectivity index (χ3v) is 10.9. The van der Waals surface area contributed by atoms with E-state index in [9.17, 15) is 14.4 Å². The number of hydrogen-bond donors (Lipinski definition) is 3. The maximum atomic E-state index is 13.2. The molecule has 0 spiro atoms. The van der Waals surface area contributed by atoms with Gasteiger partial charge in [0.1, 0.15) is 23.7 Å². The third kappa shape index (κ3) is 9.07. The summed E-state index contributed by atoms with van der Waals surface area (Å²) in [6, 6.07) is 16.0. The van der Waals surface area contributed by atoms with Gasteiger partial charge < -0.3 is 25.4 Å². The minimum absolute atomic E-state index is 0.0127. The molecular weight excluding hydrogens is 753 g/mol. The molecule has 6 rings (SSSR count). The van der Waals surface area contributed by atoms with E-state index >= 15 is 0 Å². The molecule has 2 saturated heterocycles. The van der Waals surface area contributed by atoms with Gasteiger partial charge in [-0.25, -0.2) is 4.98 Å². The maximum absolute atomic E-state index is 13.2. The fourth-order valence-corrected chi connectivity index (χ4v) is 7.66. The van der Waals surface area contributed by atoms with Gasteiger partial charge in [-0.3, -0.25) is 29.2 Å². The van der Waals surface area contributed by atoms with Gasteiger partial charge in [0.15, 0.2) is 0 Å². The molecule has 54 heavy (non-hydrogen) atoms. The van der Waals surface area contributed by atoms with Crippen LogP contribution in [0.1, 0.15) is 40.2 Å². The Bertz CT molecular complexity index is 2020. The second-order valence-corrected chi connectivity index (χ2v) is 14.5. The first-order chi connectivity index (χ1) is 26.1. The molecule has 284 valence electrons. The van der Waals surface area contributed by atoms with Gasteiger partial charge in [0, 0.05) is 63.2 Å². The average molecular weight is 795 g/mol. The van der Waals surface area contributed by atoms with Gasteiger partial charge in [-0.2, -0.15) is 0 Å². The summed E-state index contributed by atoms with van der Waals surface area (Å²) in [5.74, 6) is 0.446.